The van der Waals surface area contributed by atoms with Gasteiger partial charge < -0.3 is 9.88 Å². The minimum atomic E-state index is -0.470. The smallest absolute Gasteiger partial charge is 0.328 e. The van der Waals surface area contributed by atoms with Crippen LogP contribution < -0.4 is 16.6 Å². The maximum absolute atomic E-state index is 12.3. The first kappa shape index (κ1) is 18.9. The van der Waals surface area contributed by atoms with Crippen molar-refractivity contribution in [1.29, 1.82) is 0 Å². The molecule has 1 aromatic rings. The minimum absolute atomic E-state index is 0.0317. The Balaban J connectivity index is 1.47. The summed E-state index contributed by atoms with van der Waals surface area (Å²) in [6.07, 6.45) is 11.8. The second kappa shape index (κ2) is 9.16. The molecule has 2 aliphatic rings. The van der Waals surface area contributed by atoms with Crippen molar-refractivity contribution in [3.63, 3.8) is 0 Å². The number of carbonyl (C=O) groups is 1. The lowest BCUT2D eigenvalue weighted by Gasteiger charge is -2.38. The lowest BCUT2D eigenvalue weighted by atomic mass is 10.00. The Kier molecular flexibility index (Phi) is 6.66. The molecule has 1 aliphatic heterocycles. The minimum Gasteiger partial charge on any atom is -0.352 e. The molecule has 1 aromatic heterocycles. The van der Waals surface area contributed by atoms with Crippen LogP contribution in [-0.2, 0) is 11.3 Å². The SMILES string of the molecule is O=C(CCn1ccc(=O)[nH]c1=O)N[C@H]1CCCN(C2CCCCCC2)C1. The van der Waals surface area contributed by atoms with Crippen LogP contribution in [0.15, 0.2) is 21.9 Å². The Bertz CT molecular complexity index is 703. The zero-order valence-electron chi connectivity index (χ0n) is 15.4. The number of nitrogens with zero attached hydrogens (tertiary/aromatic N) is 2. The average Bonchev–Trinajstić information content (AvgIpc) is 2.91. The number of hydrogen-bond donors (Lipinski definition) is 2. The molecule has 1 amide bonds. The standard InChI is InChI=1S/C19H30N4O3/c24-17(9-12-22-13-10-18(25)21-19(22)26)20-15-6-5-11-23(14-15)16-7-3-1-2-4-8-16/h10,13,15-16H,1-9,11-12,14H2,(H,20,24)(H,21,25,26)/t15-/m0/s1. The van der Waals surface area contributed by atoms with Gasteiger partial charge in [-0.1, -0.05) is 25.7 Å². The number of aryl methyl sites for hydroxylation is 1. The number of aromatic amines is 1. The molecular formula is C19H30N4O3. The molecule has 1 saturated heterocycles. The number of nitrogens with one attached hydrogen (secondary N) is 2. The first-order valence-corrected chi connectivity index (χ1v) is 9.95. The van der Waals surface area contributed by atoms with Gasteiger partial charge in [0.25, 0.3) is 5.56 Å². The molecule has 0 spiro atoms. The van der Waals surface area contributed by atoms with Crippen LogP contribution in [0.25, 0.3) is 0 Å². The number of hydrogen-bond acceptors (Lipinski definition) is 4. The third-order valence-corrected chi connectivity index (χ3v) is 5.64. The van der Waals surface area contributed by atoms with Crippen LogP contribution in [0, 0.1) is 0 Å². The second-order valence-electron chi connectivity index (χ2n) is 7.60. The van der Waals surface area contributed by atoms with E-state index < -0.39 is 11.2 Å². The van der Waals surface area contributed by atoms with Crippen molar-refractivity contribution >= 4 is 5.91 Å². The third-order valence-electron chi connectivity index (χ3n) is 5.64. The maximum atomic E-state index is 12.3. The van der Waals surface area contributed by atoms with Crippen LogP contribution in [-0.4, -0.2) is 45.5 Å². The molecule has 0 unspecified atom stereocenters. The van der Waals surface area contributed by atoms with Crippen LogP contribution in [0.5, 0.6) is 0 Å². The van der Waals surface area contributed by atoms with E-state index in [0.717, 1.165) is 25.9 Å². The Hall–Kier alpha value is -1.89. The first-order chi connectivity index (χ1) is 12.6. The molecule has 2 N–H and O–H groups in total. The van der Waals surface area contributed by atoms with Gasteiger partial charge in [0.1, 0.15) is 0 Å². The van der Waals surface area contributed by atoms with Crippen molar-refractivity contribution in [2.24, 2.45) is 0 Å². The van der Waals surface area contributed by atoms with E-state index in [-0.39, 0.29) is 24.9 Å². The summed E-state index contributed by atoms with van der Waals surface area (Å²) in [5.74, 6) is -0.0317. The molecule has 1 aliphatic carbocycles. The van der Waals surface area contributed by atoms with Crippen molar-refractivity contribution in [2.75, 3.05) is 13.1 Å². The lowest BCUT2D eigenvalue weighted by molar-refractivity contribution is -0.122. The summed E-state index contributed by atoms with van der Waals surface area (Å²) in [5.41, 5.74) is -0.890. The van der Waals surface area contributed by atoms with Crippen molar-refractivity contribution in [3.8, 4) is 0 Å². The highest BCUT2D eigenvalue weighted by Crippen LogP contribution is 2.24. The molecule has 0 radical (unpaired) electrons. The van der Waals surface area contributed by atoms with Gasteiger partial charge in [0.2, 0.25) is 5.91 Å². The van der Waals surface area contributed by atoms with Gasteiger partial charge in [0.05, 0.1) is 0 Å². The van der Waals surface area contributed by atoms with Crippen molar-refractivity contribution in [2.45, 2.75) is 76.4 Å². The number of likely N-dealkylation sites (tertiary alicyclic amines) is 1. The van der Waals surface area contributed by atoms with E-state index in [9.17, 15) is 14.4 Å². The van der Waals surface area contributed by atoms with Gasteiger partial charge in [-0.25, -0.2) is 4.79 Å². The number of amides is 1. The number of aromatic nitrogens is 2. The first-order valence-electron chi connectivity index (χ1n) is 9.95. The van der Waals surface area contributed by atoms with Crippen molar-refractivity contribution in [1.82, 2.24) is 19.8 Å². The Morgan fingerprint density at radius 1 is 1.12 bits per heavy atom. The largest absolute Gasteiger partial charge is 0.352 e. The number of H-pyrrole nitrogens is 1. The van der Waals surface area contributed by atoms with E-state index in [1.165, 1.54) is 55.4 Å². The molecule has 2 fully saturated rings. The summed E-state index contributed by atoms with van der Waals surface area (Å²) < 4.78 is 1.36. The topological polar surface area (TPSA) is 87.2 Å². The van der Waals surface area contributed by atoms with Crippen LogP contribution in [0.3, 0.4) is 0 Å². The van der Waals surface area contributed by atoms with Gasteiger partial charge in [0.15, 0.2) is 0 Å². The average molecular weight is 362 g/mol. The van der Waals surface area contributed by atoms with Gasteiger partial charge in [-0.05, 0) is 32.2 Å². The van der Waals surface area contributed by atoms with Gasteiger partial charge in [-0.3, -0.25) is 19.5 Å². The highest BCUT2D eigenvalue weighted by molar-refractivity contribution is 5.76. The molecule has 1 atom stereocenters. The summed E-state index contributed by atoms with van der Waals surface area (Å²) in [7, 11) is 0. The molecule has 0 aromatic carbocycles. The number of rotatable bonds is 5. The van der Waals surface area contributed by atoms with Crippen molar-refractivity contribution < 1.29 is 4.79 Å². The second-order valence-corrected chi connectivity index (χ2v) is 7.60. The molecule has 26 heavy (non-hydrogen) atoms. The molecule has 0 bridgehead atoms. The molecule has 2 heterocycles. The van der Waals surface area contributed by atoms with Gasteiger partial charge >= 0.3 is 5.69 Å². The number of piperidine rings is 1. The fourth-order valence-corrected chi connectivity index (χ4v) is 4.22. The fourth-order valence-electron chi connectivity index (χ4n) is 4.22. The van der Waals surface area contributed by atoms with E-state index in [4.69, 9.17) is 0 Å². The molecule has 1 saturated carbocycles. The zero-order chi connectivity index (χ0) is 18.4. The zero-order valence-corrected chi connectivity index (χ0v) is 15.4. The fraction of sp³-hybridized carbons (Fsp3) is 0.737. The van der Waals surface area contributed by atoms with E-state index in [2.05, 4.69) is 15.2 Å². The highest BCUT2D eigenvalue weighted by atomic mass is 16.2. The van der Waals surface area contributed by atoms with Crippen molar-refractivity contribution in [3.05, 3.63) is 33.1 Å². The molecular weight excluding hydrogens is 332 g/mol. The van der Waals surface area contributed by atoms with Crippen LogP contribution in [0.2, 0.25) is 0 Å². The Morgan fingerprint density at radius 3 is 2.62 bits per heavy atom. The molecule has 144 valence electrons. The predicted molar refractivity (Wildman–Crippen MR) is 100 cm³/mol. The number of carbonyl (C=O) groups excluding carboxylic acids is 1. The van der Waals surface area contributed by atoms with E-state index in [1.807, 2.05) is 0 Å². The normalized spacial score (nSPS) is 22.7. The van der Waals surface area contributed by atoms with Crippen LogP contribution >= 0.6 is 0 Å². The molecule has 7 nitrogen and oxygen atoms in total. The highest BCUT2D eigenvalue weighted by Gasteiger charge is 2.27. The van der Waals surface area contributed by atoms with Gasteiger partial charge in [0, 0.05) is 43.9 Å². The Morgan fingerprint density at radius 2 is 1.88 bits per heavy atom. The van der Waals surface area contributed by atoms with Crippen LogP contribution in [0.1, 0.15) is 57.8 Å². The summed E-state index contributed by atoms with van der Waals surface area (Å²) in [4.78, 5) is 39.8. The lowest BCUT2D eigenvalue weighted by Crippen LogP contribution is -2.51. The third kappa shape index (κ3) is 5.30. The quantitative estimate of drug-likeness (QED) is 0.772. The summed E-state index contributed by atoms with van der Waals surface area (Å²) >= 11 is 0. The monoisotopic (exact) mass is 362 g/mol. The summed E-state index contributed by atoms with van der Waals surface area (Å²) in [5, 5.41) is 3.14. The van der Waals surface area contributed by atoms with Gasteiger partial charge in [-0.2, -0.15) is 0 Å². The Labute approximate surface area is 153 Å². The van der Waals surface area contributed by atoms with E-state index in [1.54, 1.807) is 0 Å². The maximum Gasteiger partial charge on any atom is 0.328 e. The van der Waals surface area contributed by atoms with E-state index in [0.29, 0.717) is 6.04 Å². The summed E-state index contributed by atoms with van der Waals surface area (Å²) in [6.45, 7) is 2.36. The van der Waals surface area contributed by atoms with Gasteiger partial charge in [-0.15, -0.1) is 0 Å². The van der Waals surface area contributed by atoms with Crippen LogP contribution in [0.4, 0.5) is 0 Å². The predicted octanol–water partition coefficient (Wildman–Crippen LogP) is 1.23. The summed E-state index contributed by atoms with van der Waals surface area (Å²) in [6, 6.07) is 2.18. The molecule has 3 rings (SSSR count). The molecule has 7 heteroatoms. The van der Waals surface area contributed by atoms with E-state index >= 15 is 0 Å².